The maximum atomic E-state index is 12.4. The van der Waals surface area contributed by atoms with Gasteiger partial charge in [0, 0.05) is 18.5 Å². The molecule has 1 aliphatic carbocycles. The van der Waals surface area contributed by atoms with Crippen molar-refractivity contribution < 1.29 is 14.3 Å². The van der Waals surface area contributed by atoms with Gasteiger partial charge in [-0.1, -0.05) is 25.0 Å². The van der Waals surface area contributed by atoms with Crippen LogP contribution in [0.5, 0.6) is 5.75 Å². The predicted molar refractivity (Wildman–Crippen MR) is 88.8 cm³/mol. The van der Waals surface area contributed by atoms with Gasteiger partial charge < -0.3 is 20.1 Å². The molecular weight excluding hydrogens is 292 g/mol. The highest BCUT2D eigenvalue weighted by Crippen LogP contribution is 2.41. The third kappa shape index (κ3) is 3.67. The quantitative estimate of drug-likeness (QED) is 0.866. The molecule has 3 rings (SSSR count). The number of hydrogen-bond donors (Lipinski definition) is 2. The van der Waals surface area contributed by atoms with Crippen LogP contribution in [0.25, 0.3) is 0 Å². The second-order valence-corrected chi connectivity index (χ2v) is 6.52. The van der Waals surface area contributed by atoms with Gasteiger partial charge in [0.05, 0.1) is 20.3 Å². The van der Waals surface area contributed by atoms with Crippen molar-refractivity contribution in [1.29, 1.82) is 0 Å². The predicted octanol–water partition coefficient (Wildman–Crippen LogP) is 1.61. The van der Waals surface area contributed by atoms with Crippen LogP contribution in [-0.4, -0.2) is 45.4 Å². The third-order valence-corrected chi connectivity index (χ3v) is 5.08. The van der Waals surface area contributed by atoms with Crippen LogP contribution in [0.1, 0.15) is 31.2 Å². The molecule has 0 aromatic heterocycles. The Morgan fingerprint density at radius 3 is 2.96 bits per heavy atom. The number of ether oxygens (including phenoxy) is 2. The van der Waals surface area contributed by atoms with Gasteiger partial charge in [-0.15, -0.1) is 0 Å². The van der Waals surface area contributed by atoms with E-state index in [4.69, 9.17) is 9.47 Å². The zero-order valence-electron chi connectivity index (χ0n) is 13.8. The minimum Gasteiger partial charge on any atom is -0.497 e. The lowest BCUT2D eigenvalue weighted by Gasteiger charge is -2.31. The average molecular weight is 318 g/mol. The standard InChI is InChI=1S/C18H26N2O3/c1-22-15-6-4-5-14(11-15)18(7-2-3-8-18)13-20-17(21)16-12-23-10-9-19-16/h4-6,11,16,19H,2-3,7-10,12-13H2,1H3,(H,20,21). The summed E-state index contributed by atoms with van der Waals surface area (Å²) < 4.78 is 10.7. The van der Waals surface area contributed by atoms with Crippen molar-refractivity contribution in [2.45, 2.75) is 37.1 Å². The summed E-state index contributed by atoms with van der Waals surface area (Å²) >= 11 is 0. The molecule has 1 aromatic rings. The summed E-state index contributed by atoms with van der Waals surface area (Å²) in [5.74, 6) is 0.918. The van der Waals surface area contributed by atoms with E-state index in [0.717, 1.165) is 25.1 Å². The van der Waals surface area contributed by atoms with Crippen molar-refractivity contribution in [3.05, 3.63) is 29.8 Å². The summed E-state index contributed by atoms with van der Waals surface area (Å²) in [6, 6.07) is 8.04. The van der Waals surface area contributed by atoms with Crippen LogP contribution < -0.4 is 15.4 Å². The first-order valence-corrected chi connectivity index (χ1v) is 8.47. The number of methoxy groups -OCH3 is 1. The molecule has 0 radical (unpaired) electrons. The Balaban J connectivity index is 1.69. The van der Waals surface area contributed by atoms with Crippen LogP contribution in [-0.2, 0) is 14.9 Å². The van der Waals surface area contributed by atoms with Gasteiger partial charge in [0.1, 0.15) is 11.8 Å². The Morgan fingerprint density at radius 1 is 1.43 bits per heavy atom. The fraction of sp³-hybridized carbons (Fsp3) is 0.611. The van der Waals surface area contributed by atoms with Gasteiger partial charge in [0.15, 0.2) is 0 Å². The minimum absolute atomic E-state index is 0.0275. The van der Waals surface area contributed by atoms with E-state index < -0.39 is 0 Å². The van der Waals surface area contributed by atoms with Crippen molar-refractivity contribution in [2.24, 2.45) is 0 Å². The molecule has 5 nitrogen and oxygen atoms in total. The number of hydrogen-bond acceptors (Lipinski definition) is 4. The van der Waals surface area contributed by atoms with Crippen LogP contribution in [0, 0.1) is 0 Å². The van der Waals surface area contributed by atoms with E-state index in [9.17, 15) is 4.79 Å². The zero-order valence-corrected chi connectivity index (χ0v) is 13.8. The molecule has 0 spiro atoms. The number of rotatable bonds is 5. The van der Waals surface area contributed by atoms with E-state index in [0.29, 0.717) is 19.8 Å². The Kier molecular flexibility index (Phi) is 5.18. The maximum Gasteiger partial charge on any atom is 0.239 e. The largest absolute Gasteiger partial charge is 0.497 e. The Labute approximate surface area is 137 Å². The molecular formula is C18H26N2O3. The lowest BCUT2D eigenvalue weighted by Crippen LogP contribution is -2.53. The van der Waals surface area contributed by atoms with Crippen LogP contribution in [0.2, 0.25) is 0 Å². The van der Waals surface area contributed by atoms with Gasteiger partial charge in [-0.25, -0.2) is 0 Å². The minimum atomic E-state index is -0.229. The summed E-state index contributed by atoms with van der Waals surface area (Å²) in [5, 5.41) is 6.36. The monoisotopic (exact) mass is 318 g/mol. The molecule has 1 atom stereocenters. The van der Waals surface area contributed by atoms with Crippen molar-refractivity contribution in [2.75, 3.05) is 33.4 Å². The first-order chi connectivity index (χ1) is 11.2. The summed E-state index contributed by atoms with van der Waals surface area (Å²) in [6.07, 6.45) is 4.62. The summed E-state index contributed by atoms with van der Waals surface area (Å²) in [7, 11) is 1.69. The molecule has 1 aromatic carbocycles. The number of nitrogens with one attached hydrogen (secondary N) is 2. The number of benzene rings is 1. The van der Waals surface area contributed by atoms with E-state index in [-0.39, 0.29) is 17.4 Å². The summed E-state index contributed by atoms with van der Waals surface area (Å²) in [4.78, 5) is 12.4. The summed E-state index contributed by atoms with van der Waals surface area (Å²) in [5.41, 5.74) is 1.29. The number of carbonyl (C=O) groups is 1. The molecule has 1 saturated heterocycles. The van der Waals surface area contributed by atoms with Gasteiger partial charge in [-0.3, -0.25) is 4.79 Å². The number of morpholine rings is 1. The maximum absolute atomic E-state index is 12.4. The van der Waals surface area contributed by atoms with Gasteiger partial charge >= 0.3 is 0 Å². The highest BCUT2D eigenvalue weighted by Gasteiger charge is 2.36. The third-order valence-electron chi connectivity index (χ3n) is 5.08. The molecule has 126 valence electrons. The van der Waals surface area contributed by atoms with Crippen LogP contribution in [0.4, 0.5) is 0 Å². The average Bonchev–Trinajstić information content (AvgIpc) is 3.11. The summed E-state index contributed by atoms with van der Waals surface area (Å²) in [6.45, 7) is 2.55. The Morgan fingerprint density at radius 2 is 2.26 bits per heavy atom. The second-order valence-electron chi connectivity index (χ2n) is 6.52. The van der Waals surface area contributed by atoms with Gasteiger partial charge in [-0.05, 0) is 30.5 Å². The van der Waals surface area contributed by atoms with Gasteiger partial charge in [0.2, 0.25) is 5.91 Å². The molecule has 1 heterocycles. The molecule has 23 heavy (non-hydrogen) atoms. The zero-order chi connectivity index (χ0) is 16.1. The van der Waals surface area contributed by atoms with E-state index in [1.54, 1.807) is 7.11 Å². The fourth-order valence-electron chi connectivity index (χ4n) is 3.69. The molecule has 1 saturated carbocycles. The topological polar surface area (TPSA) is 59.6 Å². The van der Waals surface area contributed by atoms with E-state index in [1.165, 1.54) is 18.4 Å². The highest BCUT2D eigenvalue weighted by molar-refractivity contribution is 5.82. The van der Waals surface area contributed by atoms with Gasteiger partial charge in [-0.2, -0.15) is 0 Å². The molecule has 2 N–H and O–H groups in total. The van der Waals surface area contributed by atoms with E-state index in [2.05, 4.69) is 22.8 Å². The molecule has 0 bridgehead atoms. The smallest absolute Gasteiger partial charge is 0.239 e. The van der Waals surface area contributed by atoms with Gasteiger partial charge in [0.25, 0.3) is 0 Å². The number of carbonyl (C=O) groups excluding carboxylic acids is 1. The normalized spacial score (nSPS) is 23.4. The fourth-order valence-corrected chi connectivity index (χ4v) is 3.69. The molecule has 1 amide bonds. The van der Waals surface area contributed by atoms with Crippen LogP contribution >= 0.6 is 0 Å². The molecule has 1 aliphatic heterocycles. The molecule has 5 heteroatoms. The molecule has 2 fully saturated rings. The van der Waals surface area contributed by atoms with Crippen molar-refractivity contribution in [3.8, 4) is 5.75 Å². The van der Waals surface area contributed by atoms with Crippen molar-refractivity contribution >= 4 is 5.91 Å². The second kappa shape index (κ2) is 7.32. The highest BCUT2D eigenvalue weighted by atomic mass is 16.5. The van der Waals surface area contributed by atoms with Crippen molar-refractivity contribution in [3.63, 3.8) is 0 Å². The molecule has 1 unspecified atom stereocenters. The molecule has 2 aliphatic rings. The lowest BCUT2D eigenvalue weighted by molar-refractivity contribution is -0.126. The first kappa shape index (κ1) is 16.3. The van der Waals surface area contributed by atoms with E-state index in [1.807, 2.05) is 12.1 Å². The SMILES string of the molecule is COc1cccc(C2(CNC(=O)C3COCCN3)CCCC2)c1. The number of amides is 1. The van der Waals surface area contributed by atoms with E-state index >= 15 is 0 Å². The lowest BCUT2D eigenvalue weighted by atomic mass is 9.78. The Hall–Kier alpha value is -1.59. The Bertz CT molecular complexity index is 535. The van der Waals surface area contributed by atoms with Crippen LogP contribution in [0.15, 0.2) is 24.3 Å². The first-order valence-electron chi connectivity index (χ1n) is 8.47. The van der Waals surface area contributed by atoms with Crippen LogP contribution in [0.3, 0.4) is 0 Å². The van der Waals surface area contributed by atoms with Crippen molar-refractivity contribution in [1.82, 2.24) is 10.6 Å².